The van der Waals surface area contributed by atoms with Gasteiger partial charge in [0.25, 0.3) is 0 Å². The van der Waals surface area contributed by atoms with Crippen molar-refractivity contribution < 1.29 is 68.1 Å². The largest absolute Gasteiger partial charge is 0.481 e. The summed E-state index contributed by atoms with van der Waals surface area (Å²) in [6.45, 7) is 2.88. The highest BCUT2D eigenvalue weighted by Gasteiger charge is 2.35. The topological polar surface area (TPSA) is 576 Å². The number of carbonyl (C=O) groups excluding carboxylic acids is 9. The quantitative estimate of drug-likeness (QED) is 0.0126. The summed E-state index contributed by atoms with van der Waals surface area (Å²) in [5, 5.41) is 51.0. The molecule has 1 aromatic rings. The number of nitrogens with zero attached hydrogens (tertiary/aromatic N) is 3. The SMILES string of the molecule is CC[C@H](C)[C@H](NC(=O)[C@H](CCCN=C(N)N)NC(=O)CNC(=O)[C@H](CCC(=O)O)NC(=O)[C@H](Cc1ccccc1)NC(=O)[C@H](CO)NC(=O)[C@H](CCCN=C(N)N)NC(=O)[C@@H](N)CCCN=C(N)N)C(=O)N[C@@H](CS)C(=O)N[C@@H](C)C(=O)O. The predicted octanol–water partition coefficient (Wildman–Crippen LogP) is -7.35. The molecule has 0 bridgehead atoms. The van der Waals surface area contributed by atoms with E-state index in [1.807, 2.05) is 0 Å². The lowest BCUT2D eigenvalue weighted by molar-refractivity contribution is -0.141. The van der Waals surface area contributed by atoms with Crippen LogP contribution in [-0.4, -0.2) is 191 Å². The maximum atomic E-state index is 14.2. The third-order valence-electron chi connectivity index (χ3n) is 12.3. The summed E-state index contributed by atoms with van der Waals surface area (Å²) in [7, 11) is 0. The van der Waals surface area contributed by atoms with Crippen molar-refractivity contribution in [3.8, 4) is 0 Å². The van der Waals surface area contributed by atoms with Gasteiger partial charge in [-0.25, -0.2) is 0 Å². The summed E-state index contributed by atoms with van der Waals surface area (Å²) in [6, 6.07) is -4.69. The molecule has 34 heteroatoms. The fourth-order valence-electron chi connectivity index (χ4n) is 7.40. The standard InChI is InChI=1S/C49H83N19O14S/c1-4-25(2)37(45(80)67-34(24-83)44(79)61-26(3)46(81)82)68-41(76)29(14-9-19-58-48(53)54)62-35(70)22-60-39(74)31(16-17-36(71)72)64-42(77)32(21-27-11-6-5-7-12-27)65-43(78)33(23-69)66-40(75)30(15-10-20-59-49(55)56)63-38(73)28(50)13-8-18-57-47(51)52/h5-7,11-12,25-26,28-34,37,69,83H,4,8-10,13-24,50H2,1-3H3,(H,60,74)(H,61,79)(H,62,70)(H,63,73)(H,64,77)(H,65,78)(H,66,75)(H,67,80)(H,68,76)(H,71,72)(H,81,82)(H4,51,52,57)(H4,53,54,58)(H4,55,56,59)/t25-,26-,28-,29-,30-,31-,32-,33-,34-,37-/m0/s1. The Kier molecular flexibility index (Phi) is 34.1. The molecular weight excluding hydrogens is 1110 g/mol. The number of benzene rings is 1. The van der Waals surface area contributed by atoms with E-state index in [2.05, 4.69) is 75.5 Å². The normalized spacial score (nSPS) is 14.4. The van der Waals surface area contributed by atoms with E-state index in [0.29, 0.717) is 18.4 Å². The Hall–Kier alpha value is -8.53. The number of carbonyl (C=O) groups is 11. The number of hydrogen-bond donors (Lipinski definition) is 20. The Morgan fingerprint density at radius 3 is 1.49 bits per heavy atom. The van der Waals surface area contributed by atoms with Crippen molar-refractivity contribution in [3.63, 3.8) is 0 Å². The molecule has 0 aliphatic heterocycles. The third-order valence-corrected chi connectivity index (χ3v) is 12.6. The summed E-state index contributed by atoms with van der Waals surface area (Å²) in [5.74, 6) is -12.7. The molecule has 464 valence electrons. The van der Waals surface area contributed by atoms with Crippen LogP contribution in [0.4, 0.5) is 0 Å². The number of carboxylic acids is 2. The molecule has 0 heterocycles. The zero-order valence-electron chi connectivity index (χ0n) is 46.6. The van der Waals surface area contributed by atoms with Crippen molar-refractivity contribution in [3.05, 3.63) is 35.9 Å². The van der Waals surface area contributed by atoms with Crippen LogP contribution in [0.5, 0.6) is 0 Å². The van der Waals surface area contributed by atoms with Gasteiger partial charge >= 0.3 is 11.9 Å². The monoisotopic (exact) mass is 1190 g/mol. The molecule has 0 unspecified atom stereocenters. The van der Waals surface area contributed by atoms with Gasteiger partial charge in [-0.3, -0.25) is 67.7 Å². The number of aliphatic hydroxyl groups excluding tert-OH is 1. The number of rotatable bonds is 40. The van der Waals surface area contributed by atoms with E-state index in [1.54, 1.807) is 44.2 Å². The second-order valence-electron chi connectivity index (χ2n) is 19.0. The van der Waals surface area contributed by atoms with Gasteiger partial charge in [-0.15, -0.1) is 0 Å². The highest BCUT2D eigenvalue weighted by molar-refractivity contribution is 7.80. The zero-order chi connectivity index (χ0) is 62.8. The van der Waals surface area contributed by atoms with Crippen LogP contribution >= 0.6 is 12.6 Å². The van der Waals surface area contributed by atoms with Crippen molar-refractivity contribution in [1.82, 2.24) is 47.9 Å². The van der Waals surface area contributed by atoms with E-state index in [-0.39, 0.29) is 81.8 Å². The Bertz CT molecular complexity index is 2430. The lowest BCUT2D eigenvalue weighted by atomic mass is 9.97. The van der Waals surface area contributed by atoms with E-state index in [1.165, 1.54) is 6.92 Å². The second kappa shape index (κ2) is 39.0. The molecule has 0 radical (unpaired) electrons. The first-order chi connectivity index (χ1) is 39.1. The Balaban J connectivity index is 3.43. The van der Waals surface area contributed by atoms with Gasteiger partial charge in [-0.2, -0.15) is 12.6 Å². The molecule has 0 spiro atoms. The van der Waals surface area contributed by atoms with Crippen LogP contribution in [0.1, 0.15) is 84.1 Å². The van der Waals surface area contributed by atoms with Crippen molar-refractivity contribution in [2.75, 3.05) is 38.5 Å². The number of hydrogen-bond acceptors (Lipinski definition) is 17. The molecule has 26 N–H and O–H groups in total. The maximum absolute atomic E-state index is 14.2. The molecule has 10 atom stereocenters. The van der Waals surface area contributed by atoms with Gasteiger partial charge in [0, 0.05) is 38.2 Å². The van der Waals surface area contributed by atoms with E-state index < -0.39 is 151 Å². The van der Waals surface area contributed by atoms with Crippen LogP contribution < -0.4 is 88.0 Å². The fraction of sp³-hybridized carbons (Fsp3) is 0.592. The summed E-state index contributed by atoms with van der Waals surface area (Å²) >= 11 is 4.11. The minimum Gasteiger partial charge on any atom is -0.481 e. The number of aliphatic imine (C=N–C) groups is 3. The minimum atomic E-state index is -1.75. The molecular formula is C49H83N19O14S. The van der Waals surface area contributed by atoms with Crippen LogP contribution in [0.2, 0.25) is 0 Å². The molecule has 1 aromatic carbocycles. The summed E-state index contributed by atoms with van der Waals surface area (Å²) in [6.07, 6.45) is -0.694. The predicted molar refractivity (Wildman–Crippen MR) is 307 cm³/mol. The summed E-state index contributed by atoms with van der Waals surface area (Å²) in [4.78, 5) is 157. The number of nitrogens with two attached hydrogens (primary N) is 7. The molecule has 0 saturated heterocycles. The van der Waals surface area contributed by atoms with Gasteiger partial charge < -0.3 is 103 Å². The van der Waals surface area contributed by atoms with Crippen molar-refractivity contribution >= 4 is 95.6 Å². The Morgan fingerprint density at radius 2 is 0.988 bits per heavy atom. The first kappa shape index (κ1) is 72.5. The summed E-state index contributed by atoms with van der Waals surface area (Å²) in [5.41, 5.74) is 39.0. The lowest BCUT2D eigenvalue weighted by Crippen LogP contribution is -2.60. The van der Waals surface area contributed by atoms with E-state index in [4.69, 9.17) is 40.1 Å². The van der Waals surface area contributed by atoms with Crippen LogP contribution in [0.3, 0.4) is 0 Å². The second-order valence-corrected chi connectivity index (χ2v) is 19.4. The molecule has 0 saturated carbocycles. The average Bonchev–Trinajstić information content (AvgIpc) is 3.45. The number of thiol groups is 1. The average molecular weight is 1190 g/mol. The number of aliphatic hydroxyl groups is 1. The molecule has 0 aliphatic rings. The van der Waals surface area contributed by atoms with Gasteiger partial charge in [0.05, 0.1) is 19.2 Å². The van der Waals surface area contributed by atoms with Crippen molar-refractivity contribution in [2.24, 2.45) is 61.0 Å². The summed E-state index contributed by atoms with van der Waals surface area (Å²) < 4.78 is 0. The van der Waals surface area contributed by atoms with Gasteiger partial charge in [0.2, 0.25) is 53.2 Å². The minimum absolute atomic E-state index is 0.00293. The van der Waals surface area contributed by atoms with Gasteiger partial charge in [-0.05, 0) is 63.4 Å². The van der Waals surface area contributed by atoms with Crippen LogP contribution in [-0.2, 0) is 59.2 Å². The number of nitrogens with one attached hydrogen (secondary N) is 9. The molecule has 83 heavy (non-hydrogen) atoms. The fourth-order valence-corrected chi connectivity index (χ4v) is 7.66. The molecule has 0 fully saturated rings. The molecule has 1 rings (SSSR count). The van der Waals surface area contributed by atoms with Crippen LogP contribution in [0.15, 0.2) is 45.3 Å². The number of carboxylic acid groups (broad SMARTS) is 2. The van der Waals surface area contributed by atoms with Gasteiger partial charge in [0.15, 0.2) is 17.9 Å². The lowest BCUT2D eigenvalue weighted by Gasteiger charge is -2.28. The molecule has 0 aromatic heterocycles. The maximum Gasteiger partial charge on any atom is 0.325 e. The number of guanidine groups is 3. The molecule has 9 amide bonds. The zero-order valence-corrected chi connectivity index (χ0v) is 47.5. The highest BCUT2D eigenvalue weighted by atomic mass is 32.1. The van der Waals surface area contributed by atoms with Gasteiger partial charge in [-0.1, -0.05) is 50.6 Å². The molecule has 0 aliphatic carbocycles. The van der Waals surface area contributed by atoms with Gasteiger partial charge in [0.1, 0.15) is 48.3 Å². The first-order valence-corrected chi connectivity index (χ1v) is 27.1. The van der Waals surface area contributed by atoms with Crippen molar-refractivity contribution in [1.29, 1.82) is 0 Å². The van der Waals surface area contributed by atoms with E-state index in [9.17, 15) is 68.1 Å². The van der Waals surface area contributed by atoms with E-state index in [0.717, 1.165) is 0 Å². The van der Waals surface area contributed by atoms with Crippen LogP contribution in [0, 0.1) is 5.92 Å². The number of aliphatic carboxylic acids is 2. The first-order valence-electron chi connectivity index (χ1n) is 26.5. The molecule has 33 nitrogen and oxygen atoms in total. The smallest absolute Gasteiger partial charge is 0.325 e. The Labute approximate surface area is 484 Å². The number of amides is 9. The highest BCUT2D eigenvalue weighted by Crippen LogP contribution is 2.12. The van der Waals surface area contributed by atoms with Crippen molar-refractivity contribution in [2.45, 2.75) is 139 Å². The van der Waals surface area contributed by atoms with Crippen LogP contribution in [0.25, 0.3) is 0 Å². The third kappa shape index (κ3) is 29.7. The Morgan fingerprint density at radius 1 is 0.542 bits per heavy atom. The van der Waals surface area contributed by atoms with E-state index >= 15 is 0 Å².